The van der Waals surface area contributed by atoms with Gasteiger partial charge in [0, 0.05) is 5.69 Å². The van der Waals surface area contributed by atoms with Crippen LogP contribution < -0.4 is 11.5 Å². The van der Waals surface area contributed by atoms with Crippen LogP contribution in [0.2, 0.25) is 0 Å². The van der Waals surface area contributed by atoms with Crippen molar-refractivity contribution in [3.8, 4) is 0 Å². The molecule has 0 saturated carbocycles. The molecule has 19 heavy (non-hydrogen) atoms. The minimum atomic E-state index is -1.50. The van der Waals surface area contributed by atoms with Gasteiger partial charge < -0.3 is 21.3 Å². The van der Waals surface area contributed by atoms with Crippen molar-refractivity contribution in [3.63, 3.8) is 0 Å². The van der Waals surface area contributed by atoms with Crippen molar-refractivity contribution < 1.29 is 28.6 Å². The Morgan fingerprint density at radius 2 is 2.00 bits per heavy atom. The van der Waals surface area contributed by atoms with Gasteiger partial charge in [0.05, 0.1) is 6.42 Å². The topological polar surface area (TPSA) is 133 Å². The molecular formula is C11H11FN2O5. The highest BCUT2D eigenvalue weighted by Crippen LogP contribution is 2.17. The zero-order valence-corrected chi connectivity index (χ0v) is 9.63. The van der Waals surface area contributed by atoms with Crippen LogP contribution in [-0.4, -0.2) is 29.1 Å². The van der Waals surface area contributed by atoms with E-state index in [1.807, 2.05) is 0 Å². The van der Waals surface area contributed by atoms with Crippen LogP contribution in [0.25, 0.3) is 0 Å². The minimum Gasteiger partial charge on any atom is -0.480 e. The first-order valence-corrected chi connectivity index (χ1v) is 5.10. The molecule has 0 radical (unpaired) electrons. The molecule has 8 heteroatoms. The summed E-state index contributed by atoms with van der Waals surface area (Å²) in [6, 6.07) is 2.01. The minimum absolute atomic E-state index is 0.194. The summed E-state index contributed by atoms with van der Waals surface area (Å²) in [5.74, 6) is -4.84. The van der Waals surface area contributed by atoms with Gasteiger partial charge in [-0.05, 0) is 12.1 Å². The lowest BCUT2D eigenvalue weighted by atomic mass is 10.1. The number of carbonyl (C=O) groups excluding carboxylic acids is 2. The Morgan fingerprint density at radius 1 is 1.37 bits per heavy atom. The van der Waals surface area contributed by atoms with Gasteiger partial charge in [-0.1, -0.05) is 6.07 Å². The third-order valence-corrected chi connectivity index (χ3v) is 2.16. The second-order valence-electron chi connectivity index (χ2n) is 3.61. The molecule has 1 rings (SSSR count). The Bertz CT molecular complexity index is 512. The molecule has 0 aliphatic rings. The Hall–Kier alpha value is -2.48. The molecule has 0 aliphatic carbocycles. The van der Waals surface area contributed by atoms with E-state index in [9.17, 15) is 18.8 Å². The molecule has 0 saturated heterocycles. The Morgan fingerprint density at radius 3 is 2.53 bits per heavy atom. The van der Waals surface area contributed by atoms with Gasteiger partial charge in [0.2, 0.25) is 0 Å². The van der Waals surface area contributed by atoms with Crippen molar-refractivity contribution in [2.75, 3.05) is 5.73 Å². The highest BCUT2D eigenvalue weighted by Gasteiger charge is 2.23. The maximum atomic E-state index is 13.3. The number of carboxylic acids is 1. The van der Waals surface area contributed by atoms with Gasteiger partial charge in [-0.25, -0.2) is 9.18 Å². The number of rotatable bonds is 4. The highest BCUT2D eigenvalue weighted by atomic mass is 19.1. The second-order valence-corrected chi connectivity index (χ2v) is 3.61. The number of hydrogen-bond acceptors (Lipinski definition) is 6. The first kappa shape index (κ1) is 14.6. The van der Waals surface area contributed by atoms with Gasteiger partial charge in [0.25, 0.3) is 0 Å². The van der Waals surface area contributed by atoms with E-state index in [0.29, 0.717) is 0 Å². The van der Waals surface area contributed by atoms with Crippen LogP contribution in [0, 0.1) is 5.82 Å². The number of carbonyl (C=O) groups is 3. The van der Waals surface area contributed by atoms with E-state index in [1.54, 1.807) is 0 Å². The fraction of sp³-hybridized carbons (Fsp3) is 0.182. The van der Waals surface area contributed by atoms with Crippen LogP contribution in [0.15, 0.2) is 18.2 Å². The van der Waals surface area contributed by atoms with Crippen LogP contribution >= 0.6 is 0 Å². The zero-order chi connectivity index (χ0) is 14.6. The van der Waals surface area contributed by atoms with Crippen LogP contribution in [-0.2, 0) is 14.3 Å². The number of benzene rings is 1. The van der Waals surface area contributed by atoms with E-state index in [1.165, 1.54) is 12.1 Å². The molecule has 1 atom stereocenters. The summed E-state index contributed by atoms with van der Waals surface area (Å²) in [6.07, 6.45) is -0.713. The molecule has 7 nitrogen and oxygen atoms in total. The van der Waals surface area contributed by atoms with Gasteiger partial charge >= 0.3 is 17.9 Å². The van der Waals surface area contributed by atoms with Crippen molar-refractivity contribution in [1.82, 2.24) is 0 Å². The molecule has 0 fully saturated rings. The lowest BCUT2D eigenvalue weighted by Gasteiger charge is -2.08. The first-order valence-electron chi connectivity index (χ1n) is 5.10. The number of anilines is 1. The molecule has 0 heterocycles. The van der Waals surface area contributed by atoms with Crippen LogP contribution in [0.1, 0.15) is 16.8 Å². The fourth-order valence-electron chi connectivity index (χ4n) is 1.22. The predicted molar refractivity (Wildman–Crippen MR) is 61.5 cm³/mol. The van der Waals surface area contributed by atoms with Crippen LogP contribution in [0.5, 0.6) is 0 Å². The summed E-state index contributed by atoms with van der Waals surface area (Å²) in [6.45, 7) is 0. The molecule has 0 bridgehead atoms. The van der Waals surface area contributed by atoms with E-state index in [-0.39, 0.29) is 5.69 Å². The average molecular weight is 270 g/mol. The standard InChI is InChI=1S/C11H11FN2O5/c12-5-2-1-3-6(13)9(5)11(18)19-8(15)4-7(14)10(16)17/h1-3,7H,4,13-14H2,(H,16,17)/t7-/m0/s1. The number of ether oxygens (including phenoxy) is 1. The average Bonchev–Trinajstić information content (AvgIpc) is 2.27. The summed E-state index contributed by atoms with van der Waals surface area (Å²) in [4.78, 5) is 33.1. The maximum absolute atomic E-state index is 13.3. The quantitative estimate of drug-likeness (QED) is 0.395. The molecule has 1 aromatic carbocycles. The summed E-state index contributed by atoms with van der Waals surface area (Å²) in [5.41, 5.74) is 9.68. The lowest BCUT2D eigenvalue weighted by molar-refractivity contribution is -0.145. The number of halogens is 1. The monoisotopic (exact) mass is 270 g/mol. The Labute approximate surface area is 106 Å². The highest BCUT2D eigenvalue weighted by molar-refractivity contribution is 6.01. The molecule has 5 N–H and O–H groups in total. The normalized spacial score (nSPS) is 11.7. The Balaban J connectivity index is 2.75. The summed E-state index contributed by atoms with van der Waals surface area (Å²) >= 11 is 0. The Kier molecular flexibility index (Phi) is 4.54. The maximum Gasteiger partial charge on any atom is 0.350 e. The molecule has 0 aromatic heterocycles. The zero-order valence-electron chi connectivity index (χ0n) is 9.63. The molecule has 0 spiro atoms. The third kappa shape index (κ3) is 3.75. The van der Waals surface area contributed by atoms with Crippen molar-refractivity contribution >= 4 is 23.6 Å². The smallest absolute Gasteiger partial charge is 0.350 e. The summed E-state index contributed by atoms with van der Waals surface area (Å²) < 4.78 is 17.6. The van der Waals surface area contributed by atoms with Crippen molar-refractivity contribution in [1.29, 1.82) is 0 Å². The molecule has 0 unspecified atom stereocenters. The molecule has 1 aromatic rings. The van der Waals surface area contributed by atoms with Crippen molar-refractivity contribution in [3.05, 3.63) is 29.6 Å². The second kappa shape index (κ2) is 5.91. The lowest BCUT2D eigenvalue weighted by Crippen LogP contribution is -2.33. The van der Waals surface area contributed by atoms with Crippen molar-refractivity contribution in [2.24, 2.45) is 5.73 Å². The van der Waals surface area contributed by atoms with E-state index in [4.69, 9.17) is 16.6 Å². The SMILES string of the molecule is Nc1cccc(F)c1C(=O)OC(=O)C[C@H](N)C(=O)O. The fourth-order valence-corrected chi connectivity index (χ4v) is 1.22. The molecule has 102 valence electrons. The molecule has 0 amide bonds. The van der Waals surface area contributed by atoms with E-state index in [0.717, 1.165) is 6.07 Å². The number of nitrogens with two attached hydrogens (primary N) is 2. The van der Waals surface area contributed by atoms with Gasteiger partial charge in [0.1, 0.15) is 17.4 Å². The van der Waals surface area contributed by atoms with Crippen molar-refractivity contribution in [2.45, 2.75) is 12.5 Å². The number of nitrogen functional groups attached to an aromatic ring is 1. The van der Waals surface area contributed by atoms with Gasteiger partial charge in [-0.2, -0.15) is 0 Å². The predicted octanol–water partition coefficient (Wildman–Crippen LogP) is -0.107. The summed E-state index contributed by atoms with van der Waals surface area (Å²) in [7, 11) is 0. The number of aliphatic carboxylic acids is 1. The number of esters is 2. The van der Waals surface area contributed by atoms with Crippen LogP contribution in [0.4, 0.5) is 10.1 Å². The van der Waals surface area contributed by atoms with E-state index in [2.05, 4.69) is 4.74 Å². The van der Waals surface area contributed by atoms with E-state index >= 15 is 0 Å². The third-order valence-electron chi connectivity index (χ3n) is 2.16. The number of carboxylic acid groups (broad SMARTS) is 1. The molecular weight excluding hydrogens is 259 g/mol. The van der Waals surface area contributed by atoms with Gasteiger partial charge in [0.15, 0.2) is 0 Å². The number of hydrogen-bond donors (Lipinski definition) is 3. The first-order chi connectivity index (χ1) is 8.82. The summed E-state index contributed by atoms with van der Waals surface area (Å²) in [5, 5.41) is 8.47. The molecule has 0 aliphatic heterocycles. The van der Waals surface area contributed by atoms with Gasteiger partial charge in [-0.3, -0.25) is 9.59 Å². The van der Waals surface area contributed by atoms with E-state index < -0.39 is 41.8 Å². The van der Waals surface area contributed by atoms with Crippen LogP contribution in [0.3, 0.4) is 0 Å². The largest absolute Gasteiger partial charge is 0.480 e. The van der Waals surface area contributed by atoms with Gasteiger partial charge in [-0.15, -0.1) is 0 Å².